The number of imidazole rings is 1. The molecule has 0 unspecified atom stereocenters. The van der Waals surface area contributed by atoms with Crippen molar-refractivity contribution in [1.82, 2.24) is 24.3 Å². The lowest BCUT2D eigenvalue weighted by Crippen LogP contribution is -2.26. The van der Waals surface area contributed by atoms with Gasteiger partial charge in [-0.3, -0.25) is 19.0 Å². The molecule has 4 aromatic rings. The smallest absolute Gasteiger partial charge is 0.256 e. The zero-order chi connectivity index (χ0) is 22.8. The number of carbonyl (C=O) groups excluding carboxylic acids is 2. The fraction of sp³-hybridized carbons (Fsp3) is 0.160. The van der Waals surface area contributed by atoms with E-state index in [-0.39, 0.29) is 17.7 Å². The van der Waals surface area contributed by atoms with Gasteiger partial charge in [-0.05, 0) is 36.8 Å². The molecule has 2 amide bonds. The third kappa shape index (κ3) is 3.98. The quantitative estimate of drug-likeness (QED) is 0.481. The Hall–Kier alpha value is -4.33. The minimum Gasteiger partial charge on any atom is -0.338 e. The van der Waals surface area contributed by atoms with E-state index < -0.39 is 0 Å². The van der Waals surface area contributed by atoms with E-state index in [1.165, 1.54) is 6.08 Å². The monoisotopic (exact) mass is 438 g/mol. The largest absolute Gasteiger partial charge is 0.338 e. The number of hydrogen-bond donors (Lipinski definition) is 1. The van der Waals surface area contributed by atoms with E-state index in [9.17, 15) is 9.59 Å². The average Bonchev–Trinajstić information content (AvgIpc) is 3.50. The number of rotatable bonds is 5. The highest BCUT2D eigenvalue weighted by molar-refractivity contribution is 6.04. The van der Waals surface area contributed by atoms with Gasteiger partial charge in [0.05, 0.1) is 17.4 Å². The summed E-state index contributed by atoms with van der Waals surface area (Å²) < 4.78 is 2.04. The fourth-order valence-corrected chi connectivity index (χ4v) is 4.17. The van der Waals surface area contributed by atoms with Crippen LogP contribution in [0.5, 0.6) is 0 Å². The number of benzene rings is 1. The van der Waals surface area contributed by atoms with Crippen molar-refractivity contribution in [1.29, 1.82) is 0 Å². The maximum absolute atomic E-state index is 12.5. The molecule has 1 aliphatic rings. The third-order valence-electron chi connectivity index (χ3n) is 5.84. The molecule has 0 bridgehead atoms. The molecule has 0 spiro atoms. The van der Waals surface area contributed by atoms with Crippen molar-refractivity contribution in [2.75, 3.05) is 18.4 Å². The summed E-state index contributed by atoms with van der Waals surface area (Å²) in [5.74, 6) is 1.25. The lowest BCUT2D eigenvalue weighted by molar-refractivity contribution is -0.125. The van der Waals surface area contributed by atoms with Gasteiger partial charge < -0.3 is 10.2 Å². The Bertz CT molecular complexity index is 1330. The van der Waals surface area contributed by atoms with Gasteiger partial charge >= 0.3 is 0 Å². The van der Waals surface area contributed by atoms with Crippen LogP contribution in [0.3, 0.4) is 0 Å². The number of pyridine rings is 1. The van der Waals surface area contributed by atoms with Gasteiger partial charge in [-0.25, -0.2) is 9.97 Å². The first-order valence-electron chi connectivity index (χ1n) is 10.7. The highest BCUT2D eigenvalue weighted by atomic mass is 16.2. The van der Waals surface area contributed by atoms with Gasteiger partial charge in [0.15, 0.2) is 0 Å². The van der Waals surface area contributed by atoms with Crippen LogP contribution >= 0.6 is 0 Å². The van der Waals surface area contributed by atoms with Crippen molar-refractivity contribution >= 4 is 23.1 Å². The van der Waals surface area contributed by atoms with Gasteiger partial charge in [0.2, 0.25) is 5.91 Å². The highest BCUT2D eigenvalue weighted by Gasteiger charge is 2.30. The van der Waals surface area contributed by atoms with Crippen LogP contribution in [0.15, 0.2) is 79.9 Å². The summed E-state index contributed by atoms with van der Waals surface area (Å²) in [7, 11) is 0. The Balaban J connectivity index is 1.43. The summed E-state index contributed by atoms with van der Waals surface area (Å²) in [6, 6.07) is 12.7. The number of amides is 2. The first-order chi connectivity index (χ1) is 16.1. The molecule has 3 aromatic heterocycles. The summed E-state index contributed by atoms with van der Waals surface area (Å²) in [6.07, 6.45) is 9.24. The molecule has 1 N–H and O–H groups in total. The molecule has 1 aromatic carbocycles. The van der Waals surface area contributed by atoms with E-state index >= 15 is 0 Å². The van der Waals surface area contributed by atoms with E-state index in [0.717, 1.165) is 29.0 Å². The van der Waals surface area contributed by atoms with Crippen molar-refractivity contribution < 1.29 is 9.59 Å². The van der Waals surface area contributed by atoms with Crippen LogP contribution in [0, 0.1) is 0 Å². The zero-order valence-electron chi connectivity index (χ0n) is 17.9. The molecule has 0 saturated carbocycles. The predicted molar refractivity (Wildman–Crippen MR) is 125 cm³/mol. The molecule has 1 saturated heterocycles. The number of likely N-dealkylation sites (tertiary alicyclic amines) is 1. The van der Waals surface area contributed by atoms with Crippen LogP contribution in [0.1, 0.15) is 28.5 Å². The van der Waals surface area contributed by atoms with E-state index in [4.69, 9.17) is 4.98 Å². The predicted octanol–water partition coefficient (Wildman–Crippen LogP) is 3.55. The van der Waals surface area contributed by atoms with E-state index in [1.807, 2.05) is 28.8 Å². The summed E-state index contributed by atoms with van der Waals surface area (Å²) in [6.45, 7) is 4.88. The normalized spacial score (nSPS) is 15.5. The lowest BCUT2D eigenvalue weighted by atomic mass is 10.1. The van der Waals surface area contributed by atoms with Crippen molar-refractivity contribution in [2.24, 2.45) is 0 Å². The van der Waals surface area contributed by atoms with Crippen LogP contribution in [0.25, 0.3) is 16.8 Å². The lowest BCUT2D eigenvalue weighted by Gasteiger charge is -2.13. The molecule has 33 heavy (non-hydrogen) atoms. The number of nitrogens with zero attached hydrogens (tertiary/aromatic N) is 5. The number of carbonyl (C=O) groups is 2. The molecule has 8 heteroatoms. The van der Waals surface area contributed by atoms with Gasteiger partial charge in [0.1, 0.15) is 11.6 Å². The first-order valence-corrected chi connectivity index (χ1v) is 10.7. The second-order valence-electron chi connectivity index (χ2n) is 7.87. The van der Waals surface area contributed by atoms with Crippen molar-refractivity contribution in [3.8, 4) is 11.3 Å². The molecule has 0 radical (unpaired) electrons. The minimum atomic E-state index is -0.227. The number of anilines is 1. The molecule has 8 nitrogen and oxygen atoms in total. The molecule has 4 heterocycles. The number of fused-ring (bicyclic) bond motifs is 1. The van der Waals surface area contributed by atoms with Crippen LogP contribution < -0.4 is 5.32 Å². The van der Waals surface area contributed by atoms with Crippen LogP contribution in [0.2, 0.25) is 0 Å². The van der Waals surface area contributed by atoms with Gasteiger partial charge in [-0.15, -0.1) is 0 Å². The molecular formula is C25H22N6O2. The van der Waals surface area contributed by atoms with Gasteiger partial charge in [0, 0.05) is 48.7 Å². The SMILES string of the molecule is C=CC(=O)N1CC[C@@H](c2nc(-c3ccc(C(=O)Nc4ccccn4)cc3)c3cnccn23)C1. The molecule has 1 fully saturated rings. The van der Waals surface area contributed by atoms with E-state index in [0.29, 0.717) is 24.5 Å². The topological polar surface area (TPSA) is 92.5 Å². The van der Waals surface area contributed by atoms with Crippen molar-refractivity contribution in [2.45, 2.75) is 12.3 Å². The van der Waals surface area contributed by atoms with Crippen molar-refractivity contribution in [3.05, 3.63) is 91.3 Å². The first kappa shape index (κ1) is 20.6. The average molecular weight is 438 g/mol. The zero-order valence-corrected chi connectivity index (χ0v) is 17.9. The fourth-order valence-electron chi connectivity index (χ4n) is 4.17. The number of aromatic nitrogens is 4. The summed E-state index contributed by atoms with van der Waals surface area (Å²) in [5.41, 5.74) is 3.09. The van der Waals surface area contributed by atoms with Gasteiger partial charge in [-0.2, -0.15) is 0 Å². The van der Waals surface area contributed by atoms with Crippen molar-refractivity contribution in [3.63, 3.8) is 0 Å². The number of nitrogens with one attached hydrogen (secondary N) is 1. The Kier molecular flexibility index (Phi) is 5.40. The van der Waals surface area contributed by atoms with E-state index in [1.54, 1.807) is 47.8 Å². The van der Waals surface area contributed by atoms with E-state index in [2.05, 4.69) is 21.9 Å². The standard InChI is InChI=1S/C25H22N6O2/c1-2-22(32)30-13-10-19(16-30)24-29-23(20-15-26-12-14-31(20)24)17-6-8-18(9-7-17)25(33)28-21-5-3-4-11-27-21/h2-9,11-12,14-15,19H,1,10,13,16H2,(H,27,28,33)/t19-/m1/s1. The Labute approximate surface area is 190 Å². The maximum atomic E-state index is 12.5. The highest BCUT2D eigenvalue weighted by Crippen LogP contribution is 2.32. The van der Waals surface area contributed by atoms with Crippen LogP contribution in [-0.4, -0.2) is 49.2 Å². The molecule has 1 atom stereocenters. The number of hydrogen-bond acceptors (Lipinski definition) is 5. The summed E-state index contributed by atoms with van der Waals surface area (Å²) in [5, 5.41) is 2.79. The third-order valence-corrected chi connectivity index (χ3v) is 5.84. The molecule has 1 aliphatic heterocycles. The molecular weight excluding hydrogens is 416 g/mol. The second-order valence-corrected chi connectivity index (χ2v) is 7.87. The van der Waals surface area contributed by atoms with Gasteiger partial charge in [0.25, 0.3) is 5.91 Å². The Morgan fingerprint density at radius 1 is 1.12 bits per heavy atom. The molecule has 5 rings (SSSR count). The van der Waals surface area contributed by atoms with Gasteiger partial charge in [-0.1, -0.05) is 24.8 Å². The Morgan fingerprint density at radius 3 is 2.73 bits per heavy atom. The second kappa shape index (κ2) is 8.66. The minimum absolute atomic E-state index is 0.0557. The van der Waals surface area contributed by atoms with Crippen LogP contribution in [0.4, 0.5) is 5.82 Å². The molecule has 0 aliphatic carbocycles. The summed E-state index contributed by atoms with van der Waals surface area (Å²) in [4.78, 5) is 39.7. The maximum Gasteiger partial charge on any atom is 0.256 e. The summed E-state index contributed by atoms with van der Waals surface area (Å²) >= 11 is 0. The Morgan fingerprint density at radius 2 is 1.97 bits per heavy atom. The van der Waals surface area contributed by atoms with Crippen LogP contribution in [-0.2, 0) is 4.79 Å². The molecule has 164 valence electrons.